The lowest BCUT2D eigenvalue weighted by Gasteiger charge is -2.05. The largest absolute Gasteiger partial charge is 0.459 e. The molecule has 0 spiro atoms. The van der Waals surface area contributed by atoms with E-state index < -0.39 is 0 Å². The van der Waals surface area contributed by atoms with E-state index in [-0.39, 0.29) is 30.1 Å². The molecule has 3 heterocycles. The van der Waals surface area contributed by atoms with Crippen LogP contribution in [0, 0.1) is 13.8 Å². The van der Waals surface area contributed by atoms with Crippen LogP contribution in [0.4, 0.5) is 0 Å². The van der Waals surface area contributed by atoms with Crippen molar-refractivity contribution in [1.82, 2.24) is 20.0 Å². The summed E-state index contributed by atoms with van der Waals surface area (Å²) in [7, 11) is 0. The van der Waals surface area contributed by atoms with Gasteiger partial charge in [-0.2, -0.15) is 5.10 Å². The van der Waals surface area contributed by atoms with Gasteiger partial charge in [-0.05, 0) is 38.1 Å². The number of ether oxygens (including phenoxy) is 1. The maximum atomic E-state index is 12.1. The fourth-order valence-corrected chi connectivity index (χ4v) is 3.68. The first-order valence-corrected chi connectivity index (χ1v) is 9.86. The minimum atomic E-state index is -0.376. The van der Waals surface area contributed by atoms with Gasteiger partial charge in [0.15, 0.2) is 12.4 Å². The molecule has 0 amide bonds. The Hall–Kier alpha value is -3.33. The lowest BCUT2D eigenvalue weighted by atomic mass is 10.3. The molecular formula is C20H18N4O4S. The summed E-state index contributed by atoms with van der Waals surface area (Å²) in [6.45, 7) is 3.82. The Morgan fingerprint density at radius 2 is 1.97 bits per heavy atom. The summed E-state index contributed by atoms with van der Waals surface area (Å²) >= 11 is 1.40. The highest BCUT2D eigenvalue weighted by molar-refractivity contribution is 8.00. The highest BCUT2D eigenvalue weighted by Crippen LogP contribution is 2.28. The van der Waals surface area contributed by atoms with Crippen molar-refractivity contribution in [1.29, 1.82) is 0 Å². The zero-order valence-corrected chi connectivity index (χ0v) is 16.7. The molecule has 3 aromatic heterocycles. The molecular weight excluding hydrogens is 392 g/mol. The van der Waals surface area contributed by atoms with Gasteiger partial charge >= 0.3 is 5.97 Å². The number of hydrogen-bond acceptors (Lipinski definition) is 8. The van der Waals surface area contributed by atoms with E-state index in [9.17, 15) is 4.79 Å². The molecule has 0 saturated heterocycles. The number of para-hydroxylation sites is 1. The molecule has 0 saturated carbocycles. The van der Waals surface area contributed by atoms with Crippen molar-refractivity contribution in [2.75, 3.05) is 5.75 Å². The number of rotatable bonds is 7. The molecule has 4 aromatic rings. The summed E-state index contributed by atoms with van der Waals surface area (Å²) in [5.74, 6) is 0.696. The Kier molecular flexibility index (Phi) is 5.48. The van der Waals surface area contributed by atoms with Gasteiger partial charge in [-0.15, -0.1) is 22.0 Å². The average molecular weight is 410 g/mol. The highest BCUT2D eigenvalue weighted by atomic mass is 32.2. The molecule has 8 nitrogen and oxygen atoms in total. The van der Waals surface area contributed by atoms with Gasteiger partial charge < -0.3 is 13.6 Å². The SMILES string of the molecule is Cc1nn(-c2ccccc2)c(C)c1SCC(=O)OCc1nnc(-c2ccco2)o1. The number of esters is 1. The van der Waals surface area contributed by atoms with Crippen molar-refractivity contribution in [3.8, 4) is 17.3 Å². The summed E-state index contributed by atoms with van der Waals surface area (Å²) < 4.78 is 17.7. The van der Waals surface area contributed by atoms with Crippen LogP contribution < -0.4 is 0 Å². The second-order valence-electron chi connectivity index (χ2n) is 6.17. The lowest BCUT2D eigenvalue weighted by Crippen LogP contribution is -2.07. The fraction of sp³-hybridized carbons (Fsp3) is 0.200. The molecule has 0 atom stereocenters. The maximum absolute atomic E-state index is 12.1. The Bertz CT molecular complexity index is 1100. The molecule has 0 bridgehead atoms. The van der Waals surface area contributed by atoms with Gasteiger partial charge in [0.1, 0.15) is 0 Å². The van der Waals surface area contributed by atoms with Gasteiger partial charge in [-0.1, -0.05) is 18.2 Å². The highest BCUT2D eigenvalue weighted by Gasteiger charge is 2.16. The molecule has 9 heteroatoms. The first-order chi connectivity index (χ1) is 14.1. The molecule has 29 heavy (non-hydrogen) atoms. The van der Waals surface area contributed by atoms with Crippen LogP contribution in [0.3, 0.4) is 0 Å². The summed E-state index contributed by atoms with van der Waals surface area (Å²) in [6, 6.07) is 13.3. The average Bonchev–Trinajstić information content (AvgIpc) is 3.47. The number of benzene rings is 1. The van der Waals surface area contributed by atoms with Crippen LogP contribution in [0.15, 0.2) is 62.5 Å². The summed E-state index contributed by atoms with van der Waals surface area (Å²) in [6.07, 6.45) is 1.51. The molecule has 0 aliphatic rings. The van der Waals surface area contributed by atoms with Gasteiger partial charge in [-0.25, -0.2) is 4.68 Å². The van der Waals surface area contributed by atoms with E-state index in [2.05, 4.69) is 15.3 Å². The Labute approximate surface area is 170 Å². The lowest BCUT2D eigenvalue weighted by molar-refractivity contribution is -0.142. The quantitative estimate of drug-likeness (QED) is 0.334. The van der Waals surface area contributed by atoms with Crippen molar-refractivity contribution in [3.05, 3.63) is 66.0 Å². The van der Waals surface area contributed by atoms with E-state index in [4.69, 9.17) is 13.6 Å². The van der Waals surface area contributed by atoms with Crippen LogP contribution in [-0.2, 0) is 16.1 Å². The van der Waals surface area contributed by atoms with E-state index >= 15 is 0 Å². The second-order valence-corrected chi connectivity index (χ2v) is 7.16. The fourth-order valence-electron chi connectivity index (χ4n) is 2.78. The Balaban J connectivity index is 1.34. The molecule has 0 aliphatic carbocycles. The number of aromatic nitrogens is 4. The number of thioether (sulfide) groups is 1. The van der Waals surface area contributed by atoms with E-state index in [1.54, 1.807) is 12.1 Å². The smallest absolute Gasteiger partial charge is 0.316 e. The predicted octanol–water partition coefficient (Wildman–Crippen LogP) is 3.97. The van der Waals surface area contributed by atoms with Crippen molar-refractivity contribution in [2.24, 2.45) is 0 Å². The number of aryl methyl sites for hydroxylation is 1. The first-order valence-electron chi connectivity index (χ1n) is 8.88. The molecule has 148 valence electrons. The van der Waals surface area contributed by atoms with Crippen LogP contribution in [0.25, 0.3) is 17.3 Å². The summed E-state index contributed by atoms with van der Waals surface area (Å²) in [5, 5.41) is 12.3. The van der Waals surface area contributed by atoms with E-state index in [1.165, 1.54) is 18.0 Å². The predicted molar refractivity (Wildman–Crippen MR) is 106 cm³/mol. The van der Waals surface area contributed by atoms with E-state index in [0.717, 1.165) is 22.0 Å². The molecule has 0 unspecified atom stereocenters. The standard InChI is InChI=1S/C20H18N4O4S/c1-13-19(14(2)24(23-13)15-7-4-3-5-8-15)29-12-18(25)27-11-17-21-22-20(28-17)16-9-6-10-26-16/h3-10H,11-12H2,1-2H3. The summed E-state index contributed by atoms with van der Waals surface area (Å²) in [5.41, 5.74) is 2.82. The second kappa shape index (κ2) is 8.36. The molecule has 0 aliphatic heterocycles. The third-order valence-corrected chi connectivity index (χ3v) is 5.38. The number of furan rings is 1. The van der Waals surface area contributed by atoms with Crippen LogP contribution in [0.2, 0.25) is 0 Å². The normalized spacial score (nSPS) is 11.0. The van der Waals surface area contributed by atoms with Gasteiger partial charge in [0.2, 0.25) is 0 Å². The van der Waals surface area contributed by atoms with Gasteiger partial charge in [0, 0.05) is 0 Å². The Morgan fingerprint density at radius 3 is 2.72 bits per heavy atom. The number of carbonyl (C=O) groups excluding carboxylic acids is 1. The molecule has 4 rings (SSSR count). The van der Waals surface area contributed by atoms with Crippen LogP contribution in [0.5, 0.6) is 0 Å². The molecule has 1 aromatic carbocycles. The topological polar surface area (TPSA) is 96.2 Å². The number of carbonyl (C=O) groups is 1. The van der Waals surface area contributed by atoms with Crippen LogP contribution in [0.1, 0.15) is 17.3 Å². The third kappa shape index (κ3) is 4.24. The van der Waals surface area contributed by atoms with Crippen molar-refractivity contribution >= 4 is 17.7 Å². The third-order valence-electron chi connectivity index (χ3n) is 4.12. The van der Waals surface area contributed by atoms with Gasteiger partial charge in [0.25, 0.3) is 11.8 Å². The van der Waals surface area contributed by atoms with Gasteiger partial charge in [-0.3, -0.25) is 4.79 Å². The minimum Gasteiger partial charge on any atom is -0.459 e. The van der Waals surface area contributed by atoms with Crippen LogP contribution in [-0.4, -0.2) is 31.7 Å². The van der Waals surface area contributed by atoms with Crippen molar-refractivity contribution < 1.29 is 18.4 Å². The van der Waals surface area contributed by atoms with E-state index in [0.29, 0.717) is 5.76 Å². The van der Waals surface area contributed by atoms with Crippen molar-refractivity contribution in [2.45, 2.75) is 25.3 Å². The van der Waals surface area contributed by atoms with Crippen LogP contribution >= 0.6 is 11.8 Å². The first kappa shape index (κ1) is 19.0. The Morgan fingerprint density at radius 1 is 1.14 bits per heavy atom. The molecule has 0 radical (unpaired) electrons. The summed E-state index contributed by atoms with van der Waals surface area (Å²) in [4.78, 5) is 13.1. The maximum Gasteiger partial charge on any atom is 0.316 e. The molecule has 0 N–H and O–H groups in total. The van der Waals surface area contributed by atoms with Crippen molar-refractivity contribution in [3.63, 3.8) is 0 Å². The monoisotopic (exact) mass is 410 g/mol. The number of nitrogens with zero attached hydrogens (tertiary/aromatic N) is 4. The minimum absolute atomic E-state index is 0.0889. The number of hydrogen-bond donors (Lipinski definition) is 0. The van der Waals surface area contributed by atoms with Gasteiger partial charge in [0.05, 0.1) is 34.0 Å². The van der Waals surface area contributed by atoms with E-state index in [1.807, 2.05) is 48.9 Å². The zero-order valence-electron chi connectivity index (χ0n) is 15.9. The zero-order chi connectivity index (χ0) is 20.2. The molecule has 0 fully saturated rings.